The fourth-order valence-electron chi connectivity index (χ4n) is 5.87. The summed E-state index contributed by atoms with van der Waals surface area (Å²) in [6, 6.07) is 7.32. The fraction of sp³-hybridized carbons (Fsp3) is 0.400. The number of aromatic nitrogens is 5. The van der Waals surface area contributed by atoms with Crippen LogP contribution in [0.15, 0.2) is 48.9 Å². The molecule has 14 heteroatoms. The maximum Gasteiger partial charge on any atom is 0.257 e. The van der Waals surface area contributed by atoms with Crippen molar-refractivity contribution >= 4 is 51.1 Å². The predicted octanol–water partition coefficient (Wildman–Crippen LogP) is 2.00. The van der Waals surface area contributed by atoms with Gasteiger partial charge in [-0.3, -0.25) is 19.6 Å². The Bertz CT molecular complexity index is 1700. The quantitative estimate of drug-likeness (QED) is 0.281. The third-order valence-electron chi connectivity index (χ3n) is 8.35. The summed E-state index contributed by atoms with van der Waals surface area (Å²) in [6.07, 6.45) is 8.21. The number of rotatable bonds is 7. The van der Waals surface area contributed by atoms with Crippen LogP contribution in [0.3, 0.4) is 0 Å². The van der Waals surface area contributed by atoms with Gasteiger partial charge in [0.25, 0.3) is 5.91 Å². The third-order valence-corrected chi connectivity index (χ3v) is 9.42. The Morgan fingerprint density at radius 2 is 1.95 bits per heavy atom. The van der Waals surface area contributed by atoms with Crippen LogP contribution in [0.1, 0.15) is 17.8 Å². The van der Waals surface area contributed by atoms with Crippen molar-refractivity contribution in [2.24, 2.45) is 0 Å². The number of aromatic amines is 1. The number of morpholine rings is 1. The number of hydrogen-bond acceptors (Lipinski definition) is 11. The molecule has 0 saturated carbocycles. The van der Waals surface area contributed by atoms with Gasteiger partial charge in [0, 0.05) is 68.9 Å². The number of benzene rings is 1. The van der Waals surface area contributed by atoms with Gasteiger partial charge in [-0.05, 0) is 42.7 Å². The average Bonchev–Trinajstić information content (AvgIpc) is 3.81. The number of likely N-dealkylation sites (tertiary alicyclic amines) is 1. The summed E-state index contributed by atoms with van der Waals surface area (Å²) in [5.41, 5.74) is 0.977. The highest BCUT2D eigenvalue weighted by atomic mass is 32.1. The maximum atomic E-state index is 13.2. The highest BCUT2D eigenvalue weighted by Gasteiger charge is 2.43. The average molecular weight is 616 g/mol. The molecule has 0 spiro atoms. The summed E-state index contributed by atoms with van der Waals surface area (Å²) in [5, 5.41) is 23.5. The number of thiazole rings is 1. The molecule has 2 amide bonds. The smallest absolute Gasteiger partial charge is 0.257 e. The van der Waals surface area contributed by atoms with E-state index in [0.29, 0.717) is 50.8 Å². The Labute approximate surface area is 257 Å². The number of fused-ring (bicyclic) bond motifs is 1. The van der Waals surface area contributed by atoms with Crippen molar-refractivity contribution in [3.63, 3.8) is 0 Å². The lowest BCUT2D eigenvalue weighted by Crippen LogP contribution is -2.47. The van der Waals surface area contributed by atoms with E-state index < -0.39 is 11.5 Å². The van der Waals surface area contributed by atoms with Crippen molar-refractivity contribution in [3.8, 4) is 10.7 Å². The first-order chi connectivity index (χ1) is 21.4. The summed E-state index contributed by atoms with van der Waals surface area (Å²) in [6.45, 7) is 4.56. The second-order valence-corrected chi connectivity index (χ2v) is 12.3. The number of β-amino-alcohol motifs (C(OH)–C–C–N with tert-alkyl or cyclic N) is 1. The first-order valence-electron chi connectivity index (χ1n) is 14.7. The van der Waals surface area contributed by atoms with Crippen LogP contribution in [-0.2, 0) is 14.3 Å². The molecule has 228 valence electrons. The molecular formula is C30H33N9O4S. The molecule has 2 saturated heterocycles. The zero-order valence-corrected chi connectivity index (χ0v) is 24.9. The number of amides is 2. The van der Waals surface area contributed by atoms with Crippen LogP contribution in [0.2, 0.25) is 0 Å². The summed E-state index contributed by atoms with van der Waals surface area (Å²) in [5.74, 6) is 0.975. The number of anilines is 2. The van der Waals surface area contributed by atoms with Crippen LogP contribution in [-0.4, -0.2) is 116 Å². The minimum Gasteiger partial charge on any atom is -0.379 e. The monoisotopic (exact) mass is 615 g/mol. The Morgan fingerprint density at radius 3 is 2.75 bits per heavy atom. The molecule has 0 bridgehead atoms. The van der Waals surface area contributed by atoms with Crippen LogP contribution < -0.4 is 10.2 Å². The summed E-state index contributed by atoms with van der Waals surface area (Å²) in [7, 11) is 0. The molecule has 3 aromatic heterocycles. The second kappa shape index (κ2) is 12.0. The van der Waals surface area contributed by atoms with E-state index in [0.717, 1.165) is 45.3 Å². The SMILES string of the molecule is O=C(CN1CC[C@@](O)(C(=O)Nc2ccc3[nH]nc(N4CCOCC4)c3c2)C1)N1CC=C(c2ncc(-c3ncccn3)s2)CC1. The molecule has 0 unspecified atom stereocenters. The molecule has 3 aliphatic heterocycles. The Kier molecular flexibility index (Phi) is 7.80. The number of ether oxygens (including phenoxy) is 1. The van der Waals surface area contributed by atoms with E-state index >= 15 is 0 Å². The first-order valence-corrected chi connectivity index (χ1v) is 15.5. The summed E-state index contributed by atoms with van der Waals surface area (Å²) < 4.78 is 5.46. The Hall–Kier alpha value is -4.24. The van der Waals surface area contributed by atoms with E-state index in [9.17, 15) is 14.7 Å². The van der Waals surface area contributed by atoms with Gasteiger partial charge in [-0.2, -0.15) is 5.10 Å². The van der Waals surface area contributed by atoms with Crippen LogP contribution in [0, 0.1) is 0 Å². The van der Waals surface area contributed by atoms with E-state index in [-0.39, 0.29) is 25.4 Å². The molecule has 6 heterocycles. The Balaban J connectivity index is 0.936. The number of carbonyl (C=O) groups excluding carboxylic acids is 2. The topological polar surface area (TPSA) is 153 Å². The van der Waals surface area contributed by atoms with Crippen LogP contribution >= 0.6 is 11.3 Å². The van der Waals surface area contributed by atoms with Gasteiger partial charge < -0.3 is 25.0 Å². The highest BCUT2D eigenvalue weighted by Crippen LogP contribution is 2.31. The van der Waals surface area contributed by atoms with Gasteiger partial charge in [-0.1, -0.05) is 6.08 Å². The second-order valence-electron chi connectivity index (χ2n) is 11.3. The minimum absolute atomic E-state index is 0.0245. The molecule has 0 aliphatic carbocycles. The maximum absolute atomic E-state index is 13.2. The third kappa shape index (κ3) is 5.80. The number of aliphatic hydroxyl groups is 1. The lowest BCUT2D eigenvalue weighted by molar-refractivity contribution is -0.135. The van der Waals surface area contributed by atoms with Crippen LogP contribution in [0.4, 0.5) is 11.5 Å². The van der Waals surface area contributed by atoms with Crippen molar-refractivity contribution in [2.75, 3.05) is 69.2 Å². The number of H-pyrrole nitrogens is 1. The molecular weight excluding hydrogens is 582 g/mol. The van der Waals surface area contributed by atoms with E-state index in [4.69, 9.17) is 4.74 Å². The largest absolute Gasteiger partial charge is 0.379 e. The normalized spacial score (nSPS) is 21.1. The molecule has 13 nitrogen and oxygen atoms in total. The molecule has 3 N–H and O–H groups in total. The van der Waals surface area contributed by atoms with Gasteiger partial charge in [0.15, 0.2) is 17.2 Å². The van der Waals surface area contributed by atoms with Gasteiger partial charge in [-0.15, -0.1) is 11.3 Å². The summed E-state index contributed by atoms with van der Waals surface area (Å²) in [4.78, 5) is 46.2. The molecule has 1 atom stereocenters. The molecule has 7 rings (SSSR count). The number of carbonyl (C=O) groups is 2. The predicted molar refractivity (Wildman–Crippen MR) is 166 cm³/mol. The zero-order chi connectivity index (χ0) is 30.1. The van der Waals surface area contributed by atoms with Crippen LogP contribution in [0.5, 0.6) is 0 Å². The minimum atomic E-state index is -1.58. The van der Waals surface area contributed by atoms with E-state index in [1.807, 2.05) is 28.0 Å². The molecule has 1 aromatic carbocycles. The number of nitrogens with one attached hydrogen (secondary N) is 2. The molecule has 4 aromatic rings. The van der Waals surface area contributed by atoms with Crippen molar-refractivity contribution in [2.45, 2.75) is 18.4 Å². The number of nitrogens with zero attached hydrogens (tertiary/aromatic N) is 7. The van der Waals surface area contributed by atoms with Crippen molar-refractivity contribution in [3.05, 3.63) is 53.9 Å². The number of hydrogen-bond donors (Lipinski definition) is 3. The highest BCUT2D eigenvalue weighted by molar-refractivity contribution is 7.16. The molecule has 3 aliphatic rings. The molecule has 2 fully saturated rings. The standard InChI is InChI=1S/C30H33N9O4S/c40-25(38-9-4-20(5-10-38)28-33-17-24(44-28)26-31-7-1-8-32-26)18-37-11-6-30(42,19-37)29(41)34-21-2-3-23-22(16-21)27(36-35-23)39-12-14-43-15-13-39/h1-4,7-8,16-17,42H,5-6,9-15,18-19H2,(H,34,41)(H,35,36)/t30-/m0/s1. The first kappa shape index (κ1) is 28.5. The van der Waals surface area contributed by atoms with Crippen molar-refractivity contribution < 1.29 is 19.4 Å². The van der Waals surface area contributed by atoms with Crippen molar-refractivity contribution in [1.29, 1.82) is 0 Å². The van der Waals surface area contributed by atoms with Gasteiger partial charge >= 0.3 is 0 Å². The van der Waals surface area contributed by atoms with Gasteiger partial charge in [0.1, 0.15) is 5.01 Å². The van der Waals surface area contributed by atoms with Crippen molar-refractivity contribution in [1.82, 2.24) is 34.9 Å². The van der Waals surface area contributed by atoms with Gasteiger partial charge in [0.2, 0.25) is 5.91 Å². The molecule has 0 radical (unpaired) electrons. The van der Waals surface area contributed by atoms with Crippen LogP contribution in [0.25, 0.3) is 27.2 Å². The van der Waals surface area contributed by atoms with Gasteiger partial charge in [-0.25, -0.2) is 15.0 Å². The zero-order valence-electron chi connectivity index (χ0n) is 24.1. The van der Waals surface area contributed by atoms with E-state index in [1.165, 1.54) is 0 Å². The molecule has 44 heavy (non-hydrogen) atoms. The van der Waals surface area contributed by atoms with Gasteiger partial charge in [0.05, 0.1) is 30.2 Å². The fourth-order valence-corrected chi connectivity index (χ4v) is 6.80. The van der Waals surface area contributed by atoms with E-state index in [1.54, 1.807) is 42.1 Å². The lowest BCUT2D eigenvalue weighted by Gasteiger charge is -2.28. The Morgan fingerprint density at radius 1 is 1.11 bits per heavy atom. The van der Waals surface area contributed by atoms with E-state index in [2.05, 4.69) is 35.4 Å². The summed E-state index contributed by atoms with van der Waals surface area (Å²) >= 11 is 1.55. The lowest BCUT2D eigenvalue weighted by atomic mass is 10.0.